The highest BCUT2D eigenvalue weighted by Gasteiger charge is 2.31. The zero-order valence-corrected chi connectivity index (χ0v) is 17.5. The summed E-state index contributed by atoms with van der Waals surface area (Å²) >= 11 is 0. The molecule has 0 saturated carbocycles. The molecule has 2 rings (SSSR count). The van der Waals surface area contributed by atoms with Gasteiger partial charge in [0.1, 0.15) is 12.7 Å². The third-order valence-electron chi connectivity index (χ3n) is 3.96. The monoisotopic (exact) mass is 489 g/mol. The van der Waals surface area contributed by atoms with E-state index in [-0.39, 0.29) is 11.4 Å². The molecule has 0 fully saturated rings. The number of nitrogens with one attached hydrogen (secondary N) is 2. The molecule has 7 nitrogen and oxygen atoms in total. The first kappa shape index (κ1) is 26.2. The van der Waals surface area contributed by atoms with Gasteiger partial charge in [-0.2, -0.15) is 26.3 Å². The second kappa shape index (κ2) is 10.7. The minimum Gasteiger partial charge on any atom is -0.409 e. The van der Waals surface area contributed by atoms with Crippen LogP contribution in [0, 0.1) is 0 Å². The lowest BCUT2D eigenvalue weighted by Gasteiger charge is -2.15. The highest BCUT2D eigenvalue weighted by molar-refractivity contribution is 6.18. The van der Waals surface area contributed by atoms with Crippen LogP contribution < -0.4 is 10.6 Å². The van der Waals surface area contributed by atoms with Crippen molar-refractivity contribution in [3.05, 3.63) is 71.1 Å². The number of alkyl halides is 6. The van der Waals surface area contributed by atoms with Crippen LogP contribution in [0.4, 0.5) is 37.7 Å². The fourth-order valence-corrected chi connectivity index (χ4v) is 2.43. The molecule has 0 spiro atoms. The van der Waals surface area contributed by atoms with Crippen LogP contribution >= 0.6 is 0 Å². The van der Waals surface area contributed by atoms with Gasteiger partial charge in [0.05, 0.1) is 17.3 Å². The lowest BCUT2D eigenvalue weighted by molar-refractivity contribution is -0.138. The average Bonchev–Trinajstić information content (AvgIpc) is 2.73. The van der Waals surface area contributed by atoms with Gasteiger partial charge in [-0.1, -0.05) is 5.16 Å². The van der Waals surface area contributed by atoms with E-state index in [0.29, 0.717) is 0 Å². The quantitative estimate of drug-likeness (QED) is 0.140. The van der Waals surface area contributed by atoms with Gasteiger partial charge in [0.2, 0.25) is 5.88 Å². The summed E-state index contributed by atoms with van der Waals surface area (Å²) in [5.74, 6) is -2.38. The molecule has 0 aliphatic carbocycles. The summed E-state index contributed by atoms with van der Waals surface area (Å²) in [5.41, 5.74) is -2.33. The second-order valence-electron chi connectivity index (χ2n) is 6.48. The summed E-state index contributed by atoms with van der Waals surface area (Å²) in [7, 11) is 1.15. The highest BCUT2D eigenvalue weighted by Crippen LogP contribution is 2.31. The summed E-state index contributed by atoms with van der Waals surface area (Å²) in [6.45, 7) is 1.01. The fourth-order valence-electron chi connectivity index (χ4n) is 2.43. The number of amides is 1. The Morgan fingerprint density at radius 3 is 1.65 bits per heavy atom. The molecule has 0 atom stereocenters. The molecular weight excluding hydrogens is 472 g/mol. The van der Waals surface area contributed by atoms with Crippen LogP contribution in [0.15, 0.2) is 65.1 Å². The van der Waals surface area contributed by atoms with Crippen molar-refractivity contribution in [1.29, 1.82) is 0 Å². The lowest BCUT2D eigenvalue weighted by Crippen LogP contribution is -2.22. The van der Waals surface area contributed by atoms with E-state index in [0.717, 1.165) is 68.8 Å². The fraction of sp³-hybridized carbons (Fsp3) is 0.190. The van der Waals surface area contributed by atoms with Gasteiger partial charge in [0, 0.05) is 18.3 Å². The van der Waals surface area contributed by atoms with Crippen LogP contribution in [0.2, 0.25) is 0 Å². The van der Waals surface area contributed by atoms with Crippen LogP contribution in [-0.4, -0.2) is 25.2 Å². The van der Waals surface area contributed by atoms with Crippen molar-refractivity contribution in [1.82, 2.24) is 0 Å². The van der Waals surface area contributed by atoms with Crippen molar-refractivity contribution in [2.45, 2.75) is 19.3 Å². The Morgan fingerprint density at radius 2 is 1.26 bits per heavy atom. The van der Waals surface area contributed by atoms with Gasteiger partial charge in [-0.25, -0.2) is 0 Å². The van der Waals surface area contributed by atoms with Crippen LogP contribution in [0.3, 0.4) is 0 Å². The molecule has 0 saturated heterocycles. The van der Waals surface area contributed by atoms with Crippen LogP contribution in [0.5, 0.6) is 0 Å². The van der Waals surface area contributed by atoms with Gasteiger partial charge in [0.25, 0.3) is 5.91 Å². The SMILES string of the molecule is CON=CC(C(=O)Nc1ccc(C(F)(F)F)cc1)=C(Nc1ccc(C(F)(F)F)cc1)OC(C)=O. The molecule has 0 aliphatic heterocycles. The Balaban J connectivity index is 2.40. The van der Waals surface area contributed by atoms with Gasteiger partial charge in [-0.3, -0.25) is 9.59 Å². The largest absolute Gasteiger partial charge is 0.416 e. The molecule has 0 radical (unpaired) electrons. The second-order valence-corrected chi connectivity index (χ2v) is 6.48. The minimum atomic E-state index is -4.58. The Bertz CT molecular complexity index is 1080. The number of ether oxygens (including phenoxy) is 1. The minimum absolute atomic E-state index is 0.0231. The number of esters is 1. The number of carbonyl (C=O) groups excluding carboxylic acids is 2. The van der Waals surface area contributed by atoms with E-state index in [4.69, 9.17) is 4.74 Å². The van der Waals surface area contributed by atoms with E-state index < -0.39 is 46.8 Å². The number of hydrogen-bond donors (Lipinski definition) is 2. The first-order valence-electron chi connectivity index (χ1n) is 9.23. The van der Waals surface area contributed by atoms with Crippen molar-refractivity contribution < 1.29 is 45.5 Å². The molecule has 0 bridgehead atoms. The number of anilines is 2. The molecule has 13 heteroatoms. The molecule has 182 valence electrons. The zero-order chi connectivity index (χ0) is 25.5. The maximum Gasteiger partial charge on any atom is 0.416 e. The van der Waals surface area contributed by atoms with Crippen molar-refractivity contribution in [3.8, 4) is 0 Å². The molecule has 2 aromatic rings. The summed E-state index contributed by atoms with van der Waals surface area (Å²) in [4.78, 5) is 28.9. The van der Waals surface area contributed by atoms with E-state index in [9.17, 15) is 35.9 Å². The standard InChI is InChI=1S/C21H17F6N3O4/c1-12(31)34-19(30-16-9-5-14(6-10-16)21(25,26)27)17(11-28-33-2)18(32)29-15-7-3-13(4-8-15)20(22,23)24/h3-11,30H,1-2H3,(H,29,32). The predicted molar refractivity (Wildman–Crippen MR) is 109 cm³/mol. The van der Waals surface area contributed by atoms with Crippen LogP contribution in [0.1, 0.15) is 18.1 Å². The number of carbonyl (C=O) groups is 2. The number of oxime groups is 1. The summed E-state index contributed by atoms with van der Waals surface area (Å²) in [6, 6.07) is 7.08. The summed E-state index contributed by atoms with van der Waals surface area (Å²) in [6.07, 6.45) is -8.31. The van der Waals surface area contributed by atoms with E-state index in [1.807, 2.05) is 0 Å². The van der Waals surface area contributed by atoms with E-state index in [2.05, 4.69) is 20.6 Å². The van der Waals surface area contributed by atoms with E-state index >= 15 is 0 Å². The van der Waals surface area contributed by atoms with Crippen molar-refractivity contribution in [2.75, 3.05) is 17.7 Å². The van der Waals surface area contributed by atoms with Gasteiger partial charge >= 0.3 is 18.3 Å². The van der Waals surface area contributed by atoms with E-state index in [1.54, 1.807) is 0 Å². The van der Waals surface area contributed by atoms with Crippen molar-refractivity contribution in [3.63, 3.8) is 0 Å². The average molecular weight is 489 g/mol. The molecular formula is C21H17F6N3O4. The Hall–Kier alpha value is -4.03. The topological polar surface area (TPSA) is 89.0 Å². The number of hydrogen-bond acceptors (Lipinski definition) is 6. The lowest BCUT2D eigenvalue weighted by atomic mass is 10.2. The molecule has 2 N–H and O–H groups in total. The summed E-state index contributed by atoms with van der Waals surface area (Å²) < 4.78 is 81.5. The smallest absolute Gasteiger partial charge is 0.409 e. The number of rotatable bonds is 7. The van der Waals surface area contributed by atoms with Gasteiger partial charge in [-0.05, 0) is 48.5 Å². The maximum absolute atomic E-state index is 12.8. The number of nitrogens with zero attached hydrogens (tertiary/aromatic N) is 1. The molecule has 0 aliphatic rings. The molecule has 1 amide bonds. The molecule has 0 heterocycles. The third-order valence-corrected chi connectivity index (χ3v) is 3.96. The third kappa shape index (κ3) is 7.53. The molecule has 0 aromatic heterocycles. The summed E-state index contributed by atoms with van der Waals surface area (Å²) in [5, 5.41) is 8.24. The Morgan fingerprint density at radius 1 is 0.824 bits per heavy atom. The number of benzene rings is 2. The molecule has 34 heavy (non-hydrogen) atoms. The van der Waals surface area contributed by atoms with Gasteiger partial charge in [-0.15, -0.1) is 0 Å². The Labute approximate surface area is 189 Å². The van der Waals surface area contributed by atoms with Crippen LogP contribution in [0.25, 0.3) is 0 Å². The predicted octanol–water partition coefficient (Wildman–Crippen LogP) is 5.18. The Kier molecular flexibility index (Phi) is 8.27. The first-order valence-corrected chi connectivity index (χ1v) is 9.23. The van der Waals surface area contributed by atoms with Gasteiger partial charge < -0.3 is 20.2 Å². The van der Waals surface area contributed by atoms with Crippen molar-refractivity contribution >= 4 is 29.5 Å². The highest BCUT2D eigenvalue weighted by atomic mass is 19.4. The van der Waals surface area contributed by atoms with Crippen LogP contribution in [-0.2, 0) is 31.5 Å². The molecule has 2 aromatic carbocycles. The van der Waals surface area contributed by atoms with Crippen molar-refractivity contribution in [2.24, 2.45) is 5.16 Å². The van der Waals surface area contributed by atoms with Gasteiger partial charge in [0.15, 0.2) is 0 Å². The zero-order valence-electron chi connectivity index (χ0n) is 17.5. The van der Waals surface area contributed by atoms with E-state index in [1.165, 1.54) is 0 Å². The first-order chi connectivity index (χ1) is 15.8. The normalized spacial score (nSPS) is 12.7. The number of halogens is 6. The maximum atomic E-state index is 12.8. The molecule has 0 unspecified atom stereocenters.